The maximum absolute atomic E-state index is 13.9. The lowest BCUT2D eigenvalue weighted by Gasteiger charge is -2.18. The van der Waals surface area contributed by atoms with E-state index in [1.807, 2.05) is 6.07 Å². The molecule has 0 bridgehead atoms. The molecule has 0 spiro atoms. The van der Waals surface area contributed by atoms with Crippen molar-refractivity contribution in [2.75, 3.05) is 0 Å². The van der Waals surface area contributed by atoms with E-state index in [1.165, 1.54) is 36.4 Å². The summed E-state index contributed by atoms with van der Waals surface area (Å²) in [5.41, 5.74) is -0.768. The lowest BCUT2D eigenvalue weighted by molar-refractivity contribution is -0.137. The molecule has 1 amide bonds. The van der Waals surface area contributed by atoms with Gasteiger partial charge in [0, 0.05) is 11.1 Å². The Hall–Kier alpha value is -4.50. The summed E-state index contributed by atoms with van der Waals surface area (Å²) in [6, 6.07) is 14.7. The van der Waals surface area contributed by atoms with Crippen LogP contribution in [0.4, 0.5) is 13.2 Å². The molecule has 0 saturated carbocycles. The van der Waals surface area contributed by atoms with Crippen molar-refractivity contribution in [3.8, 4) is 40.4 Å². The van der Waals surface area contributed by atoms with E-state index in [0.29, 0.717) is 5.56 Å². The average molecular weight is 511 g/mol. The fourth-order valence-electron chi connectivity index (χ4n) is 3.47. The maximum atomic E-state index is 13.9. The molecule has 0 saturated heterocycles. The predicted octanol–water partition coefficient (Wildman–Crippen LogP) is 4.78. The minimum atomic E-state index is -4.81. The predicted molar refractivity (Wildman–Crippen MR) is 123 cm³/mol. The smallest absolute Gasteiger partial charge is 0.378 e. The molecule has 2 aromatic heterocycles. The van der Waals surface area contributed by atoms with Crippen molar-refractivity contribution in [1.29, 1.82) is 5.26 Å². The third kappa shape index (κ3) is 5.36. The van der Waals surface area contributed by atoms with Crippen molar-refractivity contribution in [1.82, 2.24) is 20.6 Å². The van der Waals surface area contributed by atoms with E-state index < -0.39 is 47.1 Å². The van der Waals surface area contributed by atoms with Crippen LogP contribution in [0.25, 0.3) is 34.3 Å². The first-order valence-electron chi connectivity index (χ1n) is 11.0. The molecule has 0 aliphatic heterocycles. The van der Waals surface area contributed by atoms with Gasteiger partial charge in [-0.2, -0.15) is 23.4 Å². The van der Waals surface area contributed by atoms with Crippen LogP contribution in [-0.4, -0.2) is 32.4 Å². The second-order valence-electron chi connectivity index (χ2n) is 8.41. The van der Waals surface area contributed by atoms with Gasteiger partial charge < -0.3 is 19.5 Å². The zero-order valence-electron chi connectivity index (χ0n) is 19.5. The molecule has 9 nitrogen and oxygen atoms in total. The third-order valence-corrected chi connectivity index (χ3v) is 5.48. The lowest BCUT2D eigenvalue weighted by atomic mass is 10.0. The highest BCUT2D eigenvalue weighted by Crippen LogP contribution is 2.43. The fourth-order valence-corrected chi connectivity index (χ4v) is 3.47. The van der Waals surface area contributed by atoms with Crippen LogP contribution in [0.1, 0.15) is 31.1 Å². The Bertz CT molecular complexity index is 1420. The zero-order valence-corrected chi connectivity index (χ0v) is 19.5. The van der Waals surface area contributed by atoms with Crippen molar-refractivity contribution in [2.45, 2.75) is 32.2 Å². The van der Waals surface area contributed by atoms with Crippen LogP contribution in [0.15, 0.2) is 63.6 Å². The van der Waals surface area contributed by atoms with E-state index in [9.17, 15) is 23.1 Å². The van der Waals surface area contributed by atoms with Gasteiger partial charge in [-0.05, 0) is 11.5 Å². The number of hydrogen-bond donors (Lipinski definition) is 2. The molecule has 0 radical (unpaired) electrons. The lowest BCUT2D eigenvalue weighted by Crippen LogP contribution is -2.40. The van der Waals surface area contributed by atoms with Crippen LogP contribution < -0.4 is 5.32 Å². The first-order valence-corrected chi connectivity index (χ1v) is 11.0. The number of carbonyl (C=O) groups excluding carboxylic acids is 1. The highest BCUT2D eigenvalue weighted by molar-refractivity contribution is 5.82. The zero-order chi connectivity index (χ0) is 26.7. The minimum Gasteiger partial charge on any atom is -0.378 e. The molecule has 2 heterocycles. The van der Waals surface area contributed by atoms with Gasteiger partial charge in [-0.15, -0.1) is 0 Å². The van der Waals surface area contributed by atoms with Gasteiger partial charge in [0.2, 0.25) is 11.6 Å². The van der Waals surface area contributed by atoms with Crippen LogP contribution in [0.5, 0.6) is 0 Å². The number of aliphatic hydroxyl groups excluding tert-OH is 1. The second-order valence-corrected chi connectivity index (χ2v) is 8.41. The molecule has 0 aliphatic carbocycles. The number of nitriles is 1. The Labute approximate surface area is 208 Å². The van der Waals surface area contributed by atoms with E-state index in [4.69, 9.17) is 14.3 Å². The van der Waals surface area contributed by atoms with Gasteiger partial charge in [-0.1, -0.05) is 78.8 Å². The standard InChI is InChI=1S/C25H20F3N5O4/c1-13(2)17(12-29)30-23(35)20(34)15-8-10-16(11-9-15)22-31-24(37-33-22)21-18(25(26,27)28)19(32-36-21)14-6-4-3-5-7-14/h3-11,13,17,20,34H,1-2H3,(H,30,35). The van der Waals surface area contributed by atoms with Crippen molar-refractivity contribution >= 4 is 5.91 Å². The normalized spacial score (nSPS) is 13.2. The minimum absolute atomic E-state index is 0.0457. The summed E-state index contributed by atoms with van der Waals surface area (Å²) in [5, 5.41) is 29.2. The number of alkyl halides is 3. The number of hydrogen-bond acceptors (Lipinski definition) is 8. The maximum Gasteiger partial charge on any atom is 0.422 e. The molecular formula is C25H20F3N5O4. The molecule has 4 aromatic rings. The van der Waals surface area contributed by atoms with Crippen molar-refractivity contribution in [3.63, 3.8) is 0 Å². The number of aliphatic hydroxyl groups is 1. The van der Waals surface area contributed by atoms with Gasteiger partial charge in [-0.25, -0.2) is 0 Å². The number of rotatable bonds is 7. The third-order valence-electron chi connectivity index (χ3n) is 5.48. The summed E-state index contributed by atoms with van der Waals surface area (Å²) in [4.78, 5) is 16.3. The van der Waals surface area contributed by atoms with E-state index in [2.05, 4.69) is 20.6 Å². The Kier molecular flexibility index (Phi) is 7.08. The number of benzene rings is 2. The number of amides is 1. The van der Waals surface area contributed by atoms with Gasteiger partial charge >= 0.3 is 6.18 Å². The van der Waals surface area contributed by atoms with Gasteiger partial charge in [0.05, 0.1) is 6.07 Å². The van der Waals surface area contributed by atoms with Crippen molar-refractivity contribution in [3.05, 3.63) is 65.7 Å². The fraction of sp³-hybridized carbons (Fsp3) is 0.240. The highest BCUT2D eigenvalue weighted by Gasteiger charge is 2.43. The largest absolute Gasteiger partial charge is 0.422 e. The topological polar surface area (TPSA) is 138 Å². The number of halogens is 3. The molecule has 0 aliphatic rings. The summed E-state index contributed by atoms with van der Waals surface area (Å²) < 4.78 is 51.8. The Morgan fingerprint density at radius 3 is 2.30 bits per heavy atom. The van der Waals surface area contributed by atoms with Crippen LogP contribution in [-0.2, 0) is 11.0 Å². The molecule has 12 heteroatoms. The highest BCUT2D eigenvalue weighted by atomic mass is 19.4. The van der Waals surface area contributed by atoms with Gasteiger partial charge in [0.1, 0.15) is 17.3 Å². The monoisotopic (exact) mass is 511 g/mol. The summed E-state index contributed by atoms with van der Waals surface area (Å²) in [7, 11) is 0. The summed E-state index contributed by atoms with van der Waals surface area (Å²) in [5.74, 6) is -2.17. The van der Waals surface area contributed by atoms with Crippen LogP contribution >= 0.6 is 0 Å². The molecular weight excluding hydrogens is 491 g/mol. The molecule has 0 fully saturated rings. The first kappa shape index (κ1) is 25.6. The SMILES string of the molecule is CC(C)C(C#N)NC(=O)C(O)c1ccc(-c2noc(-c3onc(-c4ccccc4)c3C(F)(F)F)n2)cc1. The Morgan fingerprint density at radius 1 is 1.03 bits per heavy atom. The van der Waals surface area contributed by atoms with Crippen LogP contribution in [0.2, 0.25) is 0 Å². The number of nitrogens with one attached hydrogen (secondary N) is 1. The Balaban J connectivity index is 1.58. The second kappa shape index (κ2) is 10.2. The molecule has 2 N–H and O–H groups in total. The van der Waals surface area contributed by atoms with E-state index in [1.54, 1.807) is 32.0 Å². The van der Waals surface area contributed by atoms with Gasteiger partial charge in [-0.3, -0.25) is 4.79 Å². The van der Waals surface area contributed by atoms with E-state index in [0.717, 1.165) is 0 Å². The Morgan fingerprint density at radius 2 is 1.70 bits per heavy atom. The van der Waals surface area contributed by atoms with Crippen LogP contribution in [0, 0.1) is 17.2 Å². The number of aromatic nitrogens is 3. The molecule has 190 valence electrons. The first-order chi connectivity index (χ1) is 17.6. The summed E-state index contributed by atoms with van der Waals surface area (Å²) in [6.07, 6.45) is -6.35. The summed E-state index contributed by atoms with van der Waals surface area (Å²) in [6.45, 7) is 3.51. The van der Waals surface area contributed by atoms with Gasteiger partial charge in [0.15, 0.2) is 6.10 Å². The summed E-state index contributed by atoms with van der Waals surface area (Å²) >= 11 is 0. The van der Waals surface area contributed by atoms with Crippen molar-refractivity contribution in [2.24, 2.45) is 5.92 Å². The van der Waals surface area contributed by atoms with E-state index in [-0.39, 0.29) is 22.9 Å². The average Bonchev–Trinajstić information content (AvgIpc) is 3.55. The molecule has 4 rings (SSSR count). The quantitative estimate of drug-likeness (QED) is 0.362. The molecule has 2 aromatic carbocycles. The van der Waals surface area contributed by atoms with Crippen LogP contribution in [0.3, 0.4) is 0 Å². The number of carbonyl (C=O) groups is 1. The van der Waals surface area contributed by atoms with E-state index >= 15 is 0 Å². The van der Waals surface area contributed by atoms with Crippen molar-refractivity contribution < 1.29 is 32.1 Å². The molecule has 2 unspecified atom stereocenters. The van der Waals surface area contributed by atoms with Gasteiger partial charge in [0.25, 0.3) is 11.8 Å². The molecule has 37 heavy (non-hydrogen) atoms. The number of nitrogens with zero attached hydrogens (tertiary/aromatic N) is 4. The molecule has 2 atom stereocenters.